The van der Waals surface area contributed by atoms with Crippen LogP contribution in [0.25, 0.3) is 11.4 Å². The Morgan fingerprint density at radius 2 is 1.90 bits per heavy atom. The SMILES string of the molecule is COc1ccc(C)cc1-c1nc(Cl)nc(N2CCCC2)n1. The van der Waals surface area contributed by atoms with Gasteiger partial charge in [-0.2, -0.15) is 15.0 Å². The van der Waals surface area contributed by atoms with Crippen LogP contribution < -0.4 is 9.64 Å². The molecule has 0 amide bonds. The number of hydrogen-bond acceptors (Lipinski definition) is 5. The van der Waals surface area contributed by atoms with E-state index in [0.29, 0.717) is 11.8 Å². The number of ether oxygens (including phenoxy) is 1. The van der Waals surface area contributed by atoms with Gasteiger partial charge in [-0.1, -0.05) is 11.6 Å². The van der Waals surface area contributed by atoms with Gasteiger partial charge >= 0.3 is 0 Å². The molecule has 1 saturated heterocycles. The van der Waals surface area contributed by atoms with Gasteiger partial charge in [0.15, 0.2) is 5.82 Å². The van der Waals surface area contributed by atoms with Crippen LogP contribution >= 0.6 is 11.6 Å². The lowest BCUT2D eigenvalue weighted by molar-refractivity contribution is 0.416. The van der Waals surface area contributed by atoms with Crippen LogP contribution in [-0.4, -0.2) is 35.2 Å². The second-order valence-electron chi connectivity index (χ2n) is 5.13. The standard InChI is InChI=1S/C15H17ClN4O/c1-10-5-6-12(21-2)11(9-10)13-17-14(16)19-15(18-13)20-7-3-4-8-20/h5-6,9H,3-4,7-8H2,1-2H3. The van der Waals surface area contributed by atoms with E-state index in [9.17, 15) is 0 Å². The summed E-state index contributed by atoms with van der Waals surface area (Å²) in [5, 5.41) is 0.213. The summed E-state index contributed by atoms with van der Waals surface area (Å²) in [6, 6.07) is 5.91. The first-order valence-corrected chi connectivity index (χ1v) is 7.37. The average Bonchev–Trinajstić information content (AvgIpc) is 3.01. The zero-order valence-corrected chi connectivity index (χ0v) is 12.9. The monoisotopic (exact) mass is 304 g/mol. The number of halogens is 1. The van der Waals surface area contributed by atoms with Gasteiger partial charge in [0.2, 0.25) is 11.2 Å². The summed E-state index contributed by atoms with van der Waals surface area (Å²) in [5.74, 6) is 1.93. The van der Waals surface area contributed by atoms with Crippen molar-refractivity contribution < 1.29 is 4.74 Å². The van der Waals surface area contributed by atoms with Crippen molar-refractivity contribution in [3.8, 4) is 17.1 Å². The van der Waals surface area contributed by atoms with E-state index in [-0.39, 0.29) is 5.28 Å². The van der Waals surface area contributed by atoms with Crippen LogP contribution in [0, 0.1) is 6.92 Å². The molecule has 0 bridgehead atoms. The van der Waals surface area contributed by atoms with Gasteiger partial charge in [-0.15, -0.1) is 0 Å². The van der Waals surface area contributed by atoms with Gasteiger partial charge in [-0.3, -0.25) is 0 Å². The molecule has 5 nitrogen and oxygen atoms in total. The lowest BCUT2D eigenvalue weighted by Crippen LogP contribution is -2.21. The maximum atomic E-state index is 6.08. The highest BCUT2D eigenvalue weighted by Gasteiger charge is 2.18. The molecule has 0 unspecified atom stereocenters. The molecule has 0 spiro atoms. The molecule has 0 saturated carbocycles. The van der Waals surface area contributed by atoms with E-state index in [2.05, 4.69) is 19.9 Å². The first-order valence-electron chi connectivity index (χ1n) is 6.99. The molecule has 1 aromatic carbocycles. The summed E-state index contributed by atoms with van der Waals surface area (Å²) in [5.41, 5.74) is 1.95. The zero-order valence-electron chi connectivity index (χ0n) is 12.1. The van der Waals surface area contributed by atoms with Gasteiger partial charge in [0.05, 0.1) is 12.7 Å². The van der Waals surface area contributed by atoms with Crippen LogP contribution in [0.1, 0.15) is 18.4 Å². The lowest BCUT2D eigenvalue weighted by atomic mass is 10.1. The maximum absolute atomic E-state index is 6.08. The van der Waals surface area contributed by atoms with Crippen molar-refractivity contribution in [2.24, 2.45) is 0 Å². The predicted octanol–water partition coefficient (Wildman–Crippen LogP) is 3.11. The summed E-state index contributed by atoms with van der Waals surface area (Å²) in [7, 11) is 1.64. The molecule has 0 atom stereocenters. The van der Waals surface area contributed by atoms with Crippen molar-refractivity contribution in [1.82, 2.24) is 15.0 Å². The Morgan fingerprint density at radius 3 is 2.62 bits per heavy atom. The van der Waals surface area contributed by atoms with Gasteiger partial charge in [-0.25, -0.2) is 0 Å². The first kappa shape index (κ1) is 14.1. The van der Waals surface area contributed by atoms with Crippen molar-refractivity contribution in [3.63, 3.8) is 0 Å². The van der Waals surface area contributed by atoms with Crippen LogP contribution in [0.15, 0.2) is 18.2 Å². The van der Waals surface area contributed by atoms with Crippen LogP contribution in [-0.2, 0) is 0 Å². The molecule has 1 fully saturated rings. The number of nitrogens with zero attached hydrogens (tertiary/aromatic N) is 4. The third-order valence-electron chi connectivity index (χ3n) is 3.58. The Morgan fingerprint density at radius 1 is 1.14 bits per heavy atom. The Labute approximate surface area is 129 Å². The molecular weight excluding hydrogens is 288 g/mol. The quantitative estimate of drug-likeness (QED) is 0.872. The predicted molar refractivity (Wildman–Crippen MR) is 83.0 cm³/mol. The second-order valence-corrected chi connectivity index (χ2v) is 5.46. The summed E-state index contributed by atoms with van der Waals surface area (Å²) in [6.07, 6.45) is 2.32. The lowest BCUT2D eigenvalue weighted by Gasteiger charge is -2.16. The highest BCUT2D eigenvalue weighted by Crippen LogP contribution is 2.30. The molecule has 110 valence electrons. The van der Waals surface area contributed by atoms with E-state index in [0.717, 1.165) is 42.8 Å². The fraction of sp³-hybridized carbons (Fsp3) is 0.400. The van der Waals surface area contributed by atoms with Crippen molar-refractivity contribution in [2.45, 2.75) is 19.8 Å². The van der Waals surface area contributed by atoms with Gasteiger partial charge < -0.3 is 9.64 Å². The zero-order chi connectivity index (χ0) is 14.8. The Bertz CT molecular complexity index is 656. The third-order valence-corrected chi connectivity index (χ3v) is 3.75. The molecule has 2 aromatic rings. The van der Waals surface area contributed by atoms with E-state index < -0.39 is 0 Å². The number of rotatable bonds is 3. The summed E-state index contributed by atoms with van der Waals surface area (Å²) < 4.78 is 5.40. The molecule has 0 aliphatic carbocycles. The highest BCUT2D eigenvalue weighted by atomic mass is 35.5. The van der Waals surface area contributed by atoms with Crippen LogP contribution in [0.2, 0.25) is 5.28 Å². The molecule has 6 heteroatoms. The molecule has 2 heterocycles. The number of methoxy groups -OCH3 is 1. The Balaban J connectivity index is 2.07. The normalized spacial score (nSPS) is 14.5. The van der Waals surface area contributed by atoms with E-state index in [4.69, 9.17) is 16.3 Å². The minimum atomic E-state index is 0.213. The van der Waals surface area contributed by atoms with E-state index >= 15 is 0 Å². The van der Waals surface area contributed by atoms with Crippen molar-refractivity contribution in [3.05, 3.63) is 29.0 Å². The van der Waals surface area contributed by atoms with Crippen LogP contribution in [0.4, 0.5) is 5.95 Å². The van der Waals surface area contributed by atoms with Gasteiger partial charge in [0.25, 0.3) is 0 Å². The fourth-order valence-corrected chi connectivity index (χ4v) is 2.67. The smallest absolute Gasteiger partial charge is 0.230 e. The fourth-order valence-electron chi connectivity index (χ4n) is 2.52. The van der Waals surface area contributed by atoms with Gasteiger partial charge in [0, 0.05) is 13.1 Å². The van der Waals surface area contributed by atoms with Gasteiger partial charge in [0.1, 0.15) is 5.75 Å². The Hall–Kier alpha value is -1.88. The third kappa shape index (κ3) is 2.93. The minimum Gasteiger partial charge on any atom is -0.496 e. The summed E-state index contributed by atoms with van der Waals surface area (Å²) >= 11 is 6.08. The minimum absolute atomic E-state index is 0.213. The molecule has 1 aliphatic heterocycles. The van der Waals surface area contributed by atoms with E-state index in [1.54, 1.807) is 7.11 Å². The molecule has 3 rings (SSSR count). The van der Waals surface area contributed by atoms with Crippen LogP contribution in [0.3, 0.4) is 0 Å². The topological polar surface area (TPSA) is 51.1 Å². The van der Waals surface area contributed by atoms with Crippen molar-refractivity contribution >= 4 is 17.5 Å². The van der Waals surface area contributed by atoms with Gasteiger partial charge in [-0.05, 0) is 43.5 Å². The van der Waals surface area contributed by atoms with Crippen LogP contribution in [0.5, 0.6) is 5.75 Å². The molecular formula is C15H17ClN4O. The average molecular weight is 305 g/mol. The van der Waals surface area contributed by atoms with Crippen molar-refractivity contribution in [1.29, 1.82) is 0 Å². The number of hydrogen-bond donors (Lipinski definition) is 0. The second kappa shape index (κ2) is 5.85. The Kier molecular flexibility index (Phi) is 3.92. The van der Waals surface area contributed by atoms with E-state index in [1.807, 2.05) is 25.1 Å². The summed E-state index contributed by atoms with van der Waals surface area (Å²) in [4.78, 5) is 15.2. The molecule has 0 N–H and O–H groups in total. The largest absolute Gasteiger partial charge is 0.496 e. The first-order chi connectivity index (χ1) is 10.2. The van der Waals surface area contributed by atoms with Crippen molar-refractivity contribution in [2.75, 3.05) is 25.1 Å². The number of aryl methyl sites for hydroxylation is 1. The molecule has 1 aliphatic rings. The maximum Gasteiger partial charge on any atom is 0.230 e. The number of benzene rings is 1. The molecule has 1 aromatic heterocycles. The van der Waals surface area contributed by atoms with E-state index in [1.165, 1.54) is 0 Å². The number of aromatic nitrogens is 3. The number of anilines is 1. The molecule has 0 radical (unpaired) electrons. The summed E-state index contributed by atoms with van der Waals surface area (Å²) in [6.45, 7) is 3.95. The highest BCUT2D eigenvalue weighted by molar-refractivity contribution is 6.28. The molecule has 21 heavy (non-hydrogen) atoms.